The van der Waals surface area contributed by atoms with Crippen molar-refractivity contribution in [2.45, 2.75) is 58.8 Å². The summed E-state index contributed by atoms with van der Waals surface area (Å²) in [5.74, 6) is 0.670. The van der Waals surface area contributed by atoms with Gasteiger partial charge in [0.15, 0.2) is 0 Å². The second-order valence-corrected chi connectivity index (χ2v) is 3.35. The molecule has 76 valence electrons. The quantitative estimate of drug-likeness (QED) is 0.543. The second kappa shape index (κ2) is 7.96. The summed E-state index contributed by atoms with van der Waals surface area (Å²) in [4.78, 5) is 21.8. The average Bonchev–Trinajstić information content (AvgIpc) is 2.16. The minimum Gasteiger partial charge on any atom is -0.300 e. The van der Waals surface area contributed by atoms with Crippen LogP contribution >= 0.6 is 0 Å². The highest BCUT2D eigenvalue weighted by molar-refractivity contribution is 5.78. The van der Waals surface area contributed by atoms with Crippen molar-refractivity contribution in [3.05, 3.63) is 0 Å². The summed E-state index contributed by atoms with van der Waals surface area (Å²) in [7, 11) is 0. The molecule has 2 nitrogen and oxygen atoms in total. The summed E-state index contributed by atoms with van der Waals surface area (Å²) >= 11 is 0. The molecule has 13 heavy (non-hydrogen) atoms. The first kappa shape index (κ1) is 12.3. The van der Waals surface area contributed by atoms with Crippen LogP contribution < -0.4 is 0 Å². The van der Waals surface area contributed by atoms with Crippen LogP contribution in [0.1, 0.15) is 58.8 Å². The van der Waals surface area contributed by atoms with Crippen LogP contribution in [0, 0.1) is 0 Å². The summed E-state index contributed by atoms with van der Waals surface area (Å²) in [6.07, 6.45) is 5.58. The molecular weight excluding hydrogens is 164 g/mol. The van der Waals surface area contributed by atoms with Crippen LogP contribution in [0.5, 0.6) is 0 Å². The van der Waals surface area contributed by atoms with Crippen LogP contribution in [-0.2, 0) is 9.59 Å². The number of hydrogen-bond donors (Lipinski definition) is 0. The minimum absolute atomic E-state index is 0.335. The lowest BCUT2D eigenvalue weighted by Gasteiger charge is -1.98. The molecule has 0 saturated heterocycles. The molecule has 0 radical (unpaired) electrons. The Hall–Kier alpha value is -0.660. The number of hydrogen-bond acceptors (Lipinski definition) is 2. The molecule has 0 rings (SSSR count). The van der Waals surface area contributed by atoms with Gasteiger partial charge in [0.05, 0.1) is 0 Å². The number of carbonyl (C=O) groups excluding carboxylic acids is 2. The van der Waals surface area contributed by atoms with Gasteiger partial charge >= 0.3 is 0 Å². The predicted molar refractivity (Wildman–Crippen MR) is 53.7 cm³/mol. The minimum atomic E-state index is 0.335. The first-order valence-corrected chi connectivity index (χ1v) is 5.24. The third-order valence-electron chi connectivity index (χ3n) is 2.20. The van der Waals surface area contributed by atoms with Gasteiger partial charge in [0.2, 0.25) is 0 Å². The maximum atomic E-state index is 10.9. The summed E-state index contributed by atoms with van der Waals surface area (Å²) in [5.41, 5.74) is 0. The first-order chi connectivity index (χ1) is 6.20. The molecule has 0 aromatic carbocycles. The normalized spacial score (nSPS) is 10.0. The predicted octanol–water partition coefficient (Wildman–Crippen LogP) is 2.90. The molecule has 0 aliphatic carbocycles. The smallest absolute Gasteiger partial charge is 0.132 e. The Labute approximate surface area is 80.7 Å². The average molecular weight is 184 g/mol. The highest BCUT2D eigenvalue weighted by atomic mass is 16.1. The SMILES string of the molecule is CCC(=O)CCCCCC(=O)CC. The Balaban J connectivity index is 3.17. The fraction of sp³-hybridized carbons (Fsp3) is 0.818. The van der Waals surface area contributed by atoms with E-state index in [2.05, 4.69) is 0 Å². The van der Waals surface area contributed by atoms with Crippen molar-refractivity contribution < 1.29 is 9.59 Å². The van der Waals surface area contributed by atoms with Gasteiger partial charge in [-0.3, -0.25) is 9.59 Å². The monoisotopic (exact) mass is 184 g/mol. The van der Waals surface area contributed by atoms with E-state index in [0.29, 0.717) is 37.2 Å². The van der Waals surface area contributed by atoms with Gasteiger partial charge in [-0.15, -0.1) is 0 Å². The van der Waals surface area contributed by atoms with E-state index in [4.69, 9.17) is 0 Å². The van der Waals surface area contributed by atoms with Gasteiger partial charge in [-0.25, -0.2) is 0 Å². The van der Waals surface area contributed by atoms with Crippen molar-refractivity contribution in [2.75, 3.05) is 0 Å². The highest BCUT2D eigenvalue weighted by Crippen LogP contribution is 2.05. The van der Waals surface area contributed by atoms with Gasteiger partial charge in [-0.05, 0) is 12.8 Å². The molecule has 0 aromatic heterocycles. The molecule has 0 aliphatic rings. The number of Topliss-reactive ketones (excluding diaryl/α,β-unsaturated/α-hetero) is 2. The van der Waals surface area contributed by atoms with Crippen molar-refractivity contribution in [3.63, 3.8) is 0 Å². The Kier molecular flexibility index (Phi) is 7.56. The molecular formula is C11H20O2. The Bertz CT molecular complexity index is 143. The zero-order chi connectivity index (χ0) is 10.1. The molecule has 0 fully saturated rings. The standard InChI is InChI=1S/C11H20O2/c1-3-10(12)8-6-5-7-9-11(13)4-2/h3-9H2,1-2H3. The van der Waals surface area contributed by atoms with Gasteiger partial charge in [0.25, 0.3) is 0 Å². The molecule has 0 amide bonds. The molecule has 0 bridgehead atoms. The molecule has 0 saturated carbocycles. The van der Waals surface area contributed by atoms with Gasteiger partial charge in [0, 0.05) is 25.7 Å². The van der Waals surface area contributed by atoms with Gasteiger partial charge < -0.3 is 0 Å². The van der Waals surface area contributed by atoms with Crippen LogP contribution in [0.15, 0.2) is 0 Å². The van der Waals surface area contributed by atoms with Gasteiger partial charge in [-0.2, -0.15) is 0 Å². The van der Waals surface area contributed by atoms with E-state index >= 15 is 0 Å². The number of ketones is 2. The van der Waals surface area contributed by atoms with E-state index in [-0.39, 0.29) is 0 Å². The van der Waals surface area contributed by atoms with E-state index in [1.807, 2.05) is 13.8 Å². The molecule has 0 aliphatic heterocycles. The van der Waals surface area contributed by atoms with Gasteiger partial charge in [-0.1, -0.05) is 20.3 Å². The largest absolute Gasteiger partial charge is 0.300 e. The van der Waals surface area contributed by atoms with Crippen molar-refractivity contribution in [2.24, 2.45) is 0 Å². The van der Waals surface area contributed by atoms with E-state index in [0.717, 1.165) is 19.3 Å². The lowest BCUT2D eigenvalue weighted by molar-refractivity contribution is -0.119. The number of rotatable bonds is 8. The lowest BCUT2D eigenvalue weighted by Crippen LogP contribution is -1.96. The molecule has 0 unspecified atom stereocenters. The van der Waals surface area contributed by atoms with Gasteiger partial charge in [0.1, 0.15) is 11.6 Å². The topological polar surface area (TPSA) is 34.1 Å². The van der Waals surface area contributed by atoms with E-state index in [1.165, 1.54) is 0 Å². The summed E-state index contributed by atoms with van der Waals surface area (Å²) < 4.78 is 0. The molecule has 0 atom stereocenters. The maximum absolute atomic E-state index is 10.9. The van der Waals surface area contributed by atoms with Crippen LogP contribution in [0.2, 0.25) is 0 Å². The van der Waals surface area contributed by atoms with Crippen LogP contribution in [0.25, 0.3) is 0 Å². The second-order valence-electron chi connectivity index (χ2n) is 3.35. The van der Waals surface area contributed by atoms with Crippen molar-refractivity contribution in [3.8, 4) is 0 Å². The zero-order valence-corrected chi connectivity index (χ0v) is 8.77. The molecule has 2 heteroatoms. The Morgan fingerprint density at radius 2 is 1.15 bits per heavy atom. The van der Waals surface area contributed by atoms with E-state index < -0.39 is 0 Å². The third kappa shape index (κ3) is 7.69. The molecule has 0 aromatic rings. The highest BCUT2D eigenvalue weighted by Gasteiger charge is 2.00. The zero-order valence-electron chi connectivity index (χ0n) is 8.77. The third-order valence-corrected chi connectivity index (χ3v) is 2.20. The lowest BCUT2D eigenvalue weighted by atomic mass is 10.1. The summed E-state index contributed by atoms with van der Waals surface area (Å²) in [5, 5.41) is 0. The number of unbranched alkanes of at least 4 members (excludes halogenated alkanes) is 2. The van der Waals surface area contributed by atoms with Crippen molar-refractivity contribution >= 4 is 11.6 Å². The van der Waals surface area contributed by atoms with E-state index in [1.54, 1.807) is 0 Å². The van der Waals surface area contributed by atoms with E-state index in [9.17, 15) is 9.59 Å². The first-order valence-electron chi connectivity index (χ1n) is 5.24. The Morgan fingerprint density at radius 1 is 0.769 bits per heavy atom. The van der Waals surface area contributed by atoms with Crippen LogP contribution in [-0.4, -0.2) is 11.6 Å². The number of carbonyl (C=O) groups is 2. The van der Waals surface area contributed by atoms with Crippen molar-refractivity contribution in [1.29, 1.82) is 0 Å². The van der Waals surface area contributed by atoms with Crippen LogP contribution in [0.3, 0.4) is 0 Å². The van der Waals surface area contributed by atoms with Crippen molar-refractivity contribution in [1.82, 2.24) is 0 Å². The summed E-state index contributed by atoms with van der Waals surface area (Å²) in [6, 6.07) is 0. The Morgan fingerprint density at radius 3 is 1.46 bits per heavy atom. The molecule has 0 spiro atoms. The fourth-order valence-electron chi connectivity index (χ4n) is 1.17. The fourth-order valence-corrected chi connectivity index (χ4v) is 1.17. The molecule has 0 N–H and O–H groups in total. The maximum Gasteiger partial charge on any atom is 0.132 e. The summed E-state index contributed by atoms with van der Waals surface area (Å²) in [6.45, 7) is 3.78. The van der Waals surface area contributed by atoms with Crippen LogP contribution in [0.4, 0.5) is 0 Å². The molecule has 0 heterocycles.